The molecule has 4 heteroatoms. The molecule has 1 saturated carbocycles. The zero-order valence-electron chi connectivity index (χ0n) is 12.2. The average Bonchev–Trinajstić information content (AvgIpc) is 3.03. The standard InChI is InChI=1S/C17H19NO3/c1-9-3-6-13(7-10(9)2)18-16(19)14-11-4-5-12(8-11)15(14)17(20)21/h3-7,11-12,14-15H,8H2,1-2H3,(H,18,19)(H,20,21)/t11-,12-,14+,15-/m0/s1. The first kappa shape index (κ1) is 13.9. The van der Waals surface area contributed by atoms with Crippen LogP contribution in [0.1, 0.15) is 17.5 Å². The highest BCUT2D eigenvalue weighted by molar-refractivity contribution is 5.96. The Kier molecular flexibility index (Phi) is 3.32. The van der Waals surface area contributed by atoms with Gasteiger partial charge in [-0.1, -0.05) is 18.2 Å². The third-order valence-corrected chi connectivity index (χ3v) is 4.82. The molecule has 2 aliphatic rings. The van der Waals surface area contributed by atoms with E-state index in [1.807, 2.05) is 44.2 Å². The number of hydrogen-bond acceptors (Lipinski definition) is 2. The van der Waals surface area contributed by atoms with Crippen LogP contribution < -0.4 is 5.32 Å². The maximum atomic E-state index is 12.5. The van der Waals surface area contributed by atoms with Crippen molar-refractivity contribution in [2.24, 2.45) is 23.7 Å². The summed E-state index contributed by atoms with van der Waals surface area (Å²) in [4.78, 5) is 24.0. The maximum Gasteiger partial charge on any atom is 0.307 e. The molecule has 0 heterocycles. The quantitative estimate of drug-likeness (QED) is 0.839. The van der Waals surface area contributed by atoms with Crippen molar-refractivity contribution in [2.45, 2.75) is 20.3 Å². The maximum absolute atomic E-state index is 12.5. The predicted molar refractivity (Wildman–Crippen MR) is 79.9 cm³/mol. The predicted octanol–water partition coefficient (Wildman–Crippen LogP) is 2.76. The molecule has 3 rings (SSSR count). The molecule has 0 aromatic heterocycles. The molecular weight excluding hydrogens is 266 g/mol. The van der Waals surface area contributed by atoms with E-state index in [-0.39, 0.29) is 17.7 Å². The molecule has 2 aliphatic carbocycles. The molecule has 4 nitrogen and oxygen atoms in total. The molecular formula is C17H19NO3. The fraction of sp³-hybridized carbons (Fsp3) is 0.412. The molecule has 110 valence electrons. The van der Waals surface area contributed by atoms with Crippen molar-refractivity contribution in [3.05, 3.63) is 41.5 Å². The van der Waals surface area contributed by atoms with Crippen LogP contribution >= 0.6 is 0 Å². The van der Waals surface area contributed by atoms with E-state index < -0.39 is 17.8 Å². The number of amides is 1. The van der Waals surface area contributed by atoms with E-state index in [0.29, 0.717) is 0 Å². The zero-order valence-corrected chi connectivity index (χ0v) is 12.2. The second kappa shape index (κ2) is 5.02. The lowest BCUT2D eigenvalue weighted by atomic mass is 9.82. The Morgan fingerprint density at radius 1 is 1.10 bits per heavy atom. The highest BCUT2D eigenvalue weighted by atomic mass is 16.4. The average molecular weight is 285 g/mol. The summed E-state index contributed by atoms with van der Waals surface area (Å²) >= 11 is 0. The molecule has 1 aromatic carbocycles. The van der Waals surface area contributed by atoms with Gasteiger partial charge in [-0.05, 0) is 55.4 Å². The summed E-state index contributed by atoms with van der Waals surface area (Å²) in [6.45, 7) is 4.01. The van der Waals surface area contributed by atoms with Crippen LogP contribution in [0, 0.1) is 37.5 Å². The van der Waals surface area contributed by atoms with Crippen molar-refractivity contribution in [3.63, 3.8) is 0 Å². The van der Waals surface area contributed by atoms with E-state index >= 15 is 0 Å². The fourth-order valence-corrected chi connectivity index (χ4v) is 3.56. The van der Waals surface area contributed by atoms with Gasteiger partial charge in [-0.25, -0.2) is 0 Å². The lowest BCUT2D eigenvalue weighted by molar-refractivity contribution is -0.146. The van der Waals surface area contributed by atoms with Gasteiger partial charge in [0.25, 0.3) is 0 Å². The number of hydrogen-bond donors (Lipinski definition) is 2. The van der Waals surface area contributed by atoms with Crippen molar-refractivity contribution < 1.29 is 14.7 Å². The molecule has 1 amide bonds. The van der Waals surface area contributed by atoms with Crippen molar-refractivity contribution in [1.82, 2.24) is 0 Å². The second-order valence-electron chi connectivity index (χ2n) is 6.13. The van der Waals surface area contributed by atoms with Crippen molar-refractivity contribution >= 4 is 17.6 Å². The molecule has 4 atom stereocenters. The normalized spacial score (nSPS) is 29.6. The molecule has 0 saturated heterocycles. The number of carboxylic acids is 1. The van der Waals surface area contributed by atoms with Gasteiger partial charge < -0.3 is 10.4 Å². The third kappa shape index (κ3) is 2.35. The Bertz CT molecular complexity index is 635. The molecule has 21 heavy (non-hydrogen) atoms. The first-order valence-corrected chi connectivity index (χ1v) is 7.26. The lowest BCUT2D eigenvalue weighted by Gasteiger charge is -2.24. The number of nitrogens with one attached hydrogen (secondary N) is 1. The fourth-order valence-electron chi connectivity index (χ4n) is 3.56. The smallest absolute Gasteiger partial charge is 0.307 e. The van der Waals surface area contributed by atoms with Crippen molar-refractivity contribution in [2.75, 3.05) is 5.32 Å². The van der Waals surface area contributed by atoms with E-state index in [1.165, 1.54) is 5.56 Å². The number of allylic oxidation sites excluding steroid dienone is 2. The lowest BCUT2D eigenvalue weighted by Crippen LogP contribution is -2.36. The number of carboxylic acid groups (broad SMARTS) is 1. The van der Waals surface area contributed by atoms with Crippen molar-refractivity contribution in [1.29, 1.82) is 0 Å². The van der Waals surface area contributed by atoms with E-state index in [9.17, 15) is 14.7 Å². The summed E-state index contributed by atoms with van der Waals surface area (Å²) in [5.41, 5.74) is 3.01. The monoisotopic (exact) mass is 285 g/mol. The third-order valence-electron chi connectivity index (χ3n) is 4.82. The Morgan fingerprint density at radius 2 is 1.76 bits per heavy atom. The molecule has 0 aliphatic heterocycles. The Hall–Kier alpha value is -2.10. The van der Waals surface area contributed by atoms with Gasteiger partial charge in [0.2, 0.25) is 5.91 Å². The summed E-state index contributed by atoms with van der Waals surface area (Å²) < 4.78 is 0. The topological polar surface area (TPSA) is 66.4 Å². The van der Waals surface area contributed by atoms with Crippen LogP contribution in [-0.4, -0.2) is 17.0 Å². The molecule has 0 radical (unpaired) electrons. The summed E-state index contributed by atoms with van der Waals surface area (Å²) in [5, 5.41) is 12.3. The molecule has 0 unspecified atom stereocenters. The first-order valence-electron chi connectivity index (χ1n) is 7.26. The van der Waals surface area contributed by atoms with E-state index in [2.05, 4.69) is 5.32 Å². The minimum Gasteiger partial charge on any atom is -0.481 e. The number of rotatable bonds is 3. The van der Waals surface area contributed by atoms with E-state index in [0.717, 1.165) is 17.7 Å². The summed E-state index contributed by atoms with van der Waals surface area (Å²) in [6.07, 6.45) is 4.72. The van der Waals surface area contributed by atoms with Crippen LogP contribution in [0.15, 0.2) is 30.4 Å². The molecule has 1 fully saturated rings. The Labute approximate surface area is 123 Å². The molecule has 0 spiro atoms. The summed E-state index contributed by atoms with van der Waals surface area (Å²) in [5.74, 6) is -2.04. The van der Waals surface area contributed by atoms with Gasteiger partial charge in [-0.2, -0.15) is 0 Å². The molecule has 2 N–H and O–H groups in total. The number of aryl methyl sites for hydroxylation is 2. The number of benzene rings is 1. The first-order chi connectivity index (χ1) is 9.97. The highest BCUT2D eigenvalue weighted by Gasteiger charge is 2.51. The number of fused-ring (bicyclic) bond motifs is 2. The van der Waals surface area contributed by atoms with Gasteiger partial charge in [0.05, 0.1) is 11.8 Å². The van der Waals surface area contributed by atoms with E-state index in [1.54, 1.807) is 0 Å². The number of anilines is 1. The van der Waals surface area contributed by atoms with Gasteiger partial charge in [-0.15, -0.1) is 0 Å². The SMILES string of the molecule is Cc1ccc(NC(=O)[C@H]2[C@@H](C(=O)O)[C@H]3C=C[C@H]2C3)cc1C. The Balaban J connectivity index is 1.80. The minimum absolute atomic E-state index is 0.00278. The number of aliphatic carboxylic acids is 1. The van der Waals surface area contributed by atoms with Crippen LogP contribution in [0.4, 0.5) is 5.69 Å². The van der Waals surface area contributed by atoms with Gasteiger partial charge >= 0.3 is 5.97 Å². The van der Waals surface area contributed by atoms with Gasteiger partial charge in [0, 0.05) is 5.69 Å². The zero-order chi connectivity index (χ0) is 15.1. The molecule has 1 aromatic rings. The highest BCUT2D eigenvalue weighted by Crippen LogP contribution is 2.48. The largest absolute Gasteiger partial charge is 0.481 e. The van der Waals surface area contributed by atoms with Crippen LogP contribution in [0.25, 0.3) is 0 Å². The van der Waals surface area contributed by atoms with Crippen LogP contribution in [0.5, 0.6) is 0 Å². The molecule has 2 bridgehead atoms. The van der Waals surface area contributed by atoms with Crippen molar-refractivity contribution in [3.8, 4) is 0 Å². The second-order valence-corrected chi connectivity index (χ2v) is 6.13. The summed E-state index contributed by atoms with van der Waals surface area (Å²) in [6, 6.07) is 5.74. The number of carbonyl (C=O) groups excluding carboxylic acids is 1. The van der Waals surface area contributed by atoms with Crippen LogP contribution in [-0.2, 0) is 9.59 Å². The minimum atomic E-state index is -0.868. The van der Waals surface area contributed by atoms with Gasteiger partial charge in [0.15, 0.2) is 0 Å². The summed E-state index contributed by atoms with van der Waals surface area (Å²) in [7, 11) is 0. The van der Waals surface area contributed by atoms with Gasteiger partial charge in [0.1, 0.15) is 0 Å². The Morgan fingerprint density at radius 3 is 2.38 bits per heavy atom. The van der Waals surface area contributed by atoms with Crippen LogP contribution in [0.3, 0.4) is 0 Å². The number of carbonyl (C=O) groups is 2. The van der Waals surface area contributed by atoms with Crippen LogP contribution in [0.2, 0.25) is 0 Å². The van der Waals surface area contributed by atoms with E-state index in [4.69, 9.17) is 0 Å². The van der Waals surface area contributed by atoms with Gasteiger partial charge in [-0.3, -0.25) is 9.59 Å².